The largest absolute Gasteiger partial charge is 0.513 e. The second kappa shape index (κ2) is 9.24. The lowest BCUT2D eigenvalue weighted by Gasteiger charge is -2.35. The van der Waals surface area contributed by atoms with E-state index in [1.54, 1.807) is 11.8 Å². The van der Waals surface area contributed by atoms with Crippen molar-refractivity contribution in [1.29, 1.82) is 0 Å². The molecule has 0 radical (unpaired) electrons. The molecule has 0 atom stereocenters. The van der Waals surface area contributed by atoms with E-state index in [-0.39, 0.29) is 36.9 Å². The number of amides is 2. The zero-order valence-corrected chi connectivity index (χ0v) is 16.8. The van der Waals surface area contributed by atoms with E-state index in [9.17, 15) is 29.7 Å². The van der Waals surface area contributed by atoms with Gasteiger partial charge < -0.3 is 34.6 Å². The third kappa shape index (κ3) is 4.97. The van der Waals surface area contributed by atoms with Crippen LogP contribution in [0.5, 0.6) is 23.0 Å². The molecule has 2 aromatic carbocycles. The zero-order valence-electron chi connectivity index (χ0n) is 16.8. The fourth-order valence-electron chi connectivity index (χ4n) is 3.11. The standard InChI is InChI=1S/C21H22N2O8/c1-2-30-21(29)31-15-5-3-13(4-6-15)19(27)22-7-9-23(10-8-22)20(28)14-11-16(24)18(26)17(25)12-14/h3-6,11-12,24-26H,2,7-10H2,1H3. The summed E-state index contributed by atoms with van der Waals surface area (Å²) in [5.74, 6) is -2.27. The predicted octanol–water partition coefficient (Wildman–Crippen LogP) is 1.94. The molecule has 2 amide bonds. The quantitative estimate of drug-likeness (QED) is 0.380. The Kier molecular flexibility index (Phi) is 6.49. The lowest BCUT2D eigenvalue weighted by Crippen LogP contribution is -2.50. The van der Waals surface area contributed by atoms with Gasteiger partial charge in [0.25, 0.3) is 11.8 Å². The molecule has 0 spiro atoms. The lowest BCUT2D eigenvalue weighted by atomic mass is 10.1. The van der Waals surface area contributed by atoms with Crippen molar-refractivity contribution in [3.05, 3.63) is 47.5 Å². The summed E-state index contributed by atoms with van der Waals surface area (Å²) in [6.07, 6.45) is -0.822. The topological polar surface area (TPSA) is 137 Å². The third-order valence-corrected chi connectivity index (χ3v) is 4.74. The Balaban J connectivity index is 1.58. The van der Waals surface area contributed by atoms with E-state index in [2.05, 4.69) is 0 Å². The molecule has 1 aliphatic heterocycles. The van der Waals surface area contributed by atoms with E-state index in [1.165, 1.54) is 29.2 Å². The molecule has 0 unspecified atom stereocenters. The van der Waals surface area contributed by atoms with Crippen molar-refractivity contribution in [2.24, 2.45) is 0 Å². The number of aromatic hydroxyl groups is 3. The summed E-state index contributed by atoms with van der Waals surface area (Å²) in [6.45, 7) is 2.96. The second-order valence-corrected chi connectivity index (χ2v) is 6.76. The molecule has 3 N–H and O–H groups in total. The number of nitrogens with zero attached hydrogens (tertiary/aromatic N) is 2. The summed E-state index contributed by atoms with van der Waals surface area (Å²) in [5, 5.41) is 28.6. The number of phenolic OH excluding ortho intramolecular Hbond substituents is 3. The van der Waals surface area contributed by atoms with Gasteiger partial charge in [-0.2, -0.15) is 0 Å². The van der Waals surface area contributed by atoms with Gasteiger partial charge in [0.2, 0.25) is 0 Å². The summed E-state index contributed by atoms with van der Waals surface area (Å²) in [7, 11) is 0. The first-order valence-electron chi connectivity index (χ1n) is 9.58. The summed E-state index contributed by atoms with van der Waals surface area (Å²) >= 11 is 0. The molecule has 1 saturated heterocycles. The highest BCUT2D eigenvalue weighted by Gasteiger charge is 2.26. The number of piperazine rings is 1. The summed E-state index contributed by atoms with van der Waals surface area (Å²) in [4.78, 5) is 39.7. The first kappa shape index (κ1) is 21.8. The van der Waals surface area contributed by atoms with Gasteiger partial charge in [-0.15, -0.1) is 0 Å². The van der Waals surface area contributed by atoms with Crippen LogP contribution in [0.25, 0.3) is 0 Å². The molecular weight excluding hydrogens is 408 g/mol. The van der Waals surface area contributed by atoms with E-state index in [0.717, 1.165) is 12.1 Å². The van der Waals surface area contributed by atoms with Gasteiger partial charge in [-0.05, 0) is 43.3 Å². The molecule has 0 saturated carbocycles. The SMILES string of the molecule is CCOC(=O)Oc1ccc(C(=O)N2CCN(C(=O)c3cc(O)c(O)c(O)c3)CC2)cc1. The Bertz CT molecular complexity index is 958. The highest BCUT2D eigenvalue weighted by molar-refractivity contribution is 5.96. The number of carbonyl (C=O) groups is 3. The summed E-state index contributed by atoms with van der Waals surface area (Å²) < 4.78 is 9.65. The van der Waals surface area contributed by atoms with Crippen molar-refractivity contribution in [1.82, 2.24) is 9.80 Å². The van der Waals surface area contributed by atoms with Gasteiger partial charge in [0.05, 0.1) is 6.61 Å². The van der Waals surface area contributed by atoms with Gasteiger partial charge in [0.1, 0.15) is 5.75 Å². The minimum atomic E-state index is -0.822. The number of hydrogen-bond donors (Lipinski definition) is 3. The third-order valence-electron chi connectivity index (χ3n) is 4.74. The highest BCUT2D eigenvalue weighted by atomic mass is 16.7. The Labute approximate surface area is 177 Å². The van der Waals surface area contributed by atoms with E-state index >= 15 is 0 Å². The second-order valence-electron chi connectivity index (χ2n) is 6.76. The maximum Gasteiger partial charge on any atom is 0.513 e. The summed E-state index contributed by atoms with van der Waals surface area (Å²) in [6, 6.07) is 8.22. The number of benzene rings is 2. The predicted molar refractivity (Wildman–Crippen MR) is 107 cm³/mol. The Morgan fingerprint density at radius 3 is 1.81 bits per heavy atom. The molecule has 0 aromatic heterocycles. The van der Waals surface area contributed by atoms with Crippen LogP contribution in [0.3, 0.4) is 0 Å². The van der Waals surface area contributed by atoms with E-state index < -0.39 is 29.3 Å². The number of carbonyl (C=O) groups excluding carboxylic acids is 3. The van der Waals surface area contributed by atoms with Crippen LogP contribution < -0.4 is 4.74 Å². The van der Waals surface area contributed by atoms with E-state index in [4.69, 9.17) is 9.47 Å². The Hall–Kier alpha value is -3.95. The normalized spacial score (nSPS) is 13.6. The van der Waals surface area contributed by atoms with Gasteiger partial charge >= 0.3 is 6.16 Å². The highest BCUT2D eigenvalue weighted by Crippen LogP contribution is 2.35. The first-order valence-corrected chi connectivity index (χ1v) is 9.58. The van der Waals surface area contributed by atoms with Crippen LogP contribution >= 0.6 is 0 Å². The molecule has 10 heteroatoms. The van der Waals surface area contributed by atoms with Crippen LogP contribution in [0.4, 0.5) is 4.79 Å². The van der Waals surface area contributed by atoms with Gasteiger partial charge in [0, 0.05) is 37.3 Å². The molecule has 31 heavy (non-hydrogen) atoms. The Morgan fingerprint density at radius 2 is 1.32 bits per heavy atom. The fraction of sp³-hybridized carbons (Fsp3) is 0.286. The molecular formula is C21H22N2O8. The number of ether oxygens (including phenoxy) is 2. The van der Waals surface area contributed by atoms with Crippen LogP contribution in [-0.2, 0) is 4.74 Å². The van der Waals surface area contributed by atoms with Crippen molar-refractivity contribution in [3.63, 3.8) is 0 Å². The molecule has 164 valence electrons. The van der Waals surface area contributed by atoms with Crippen molar-refractivity contribution in [2.75, 3.05) is 32.8 Å². The molecule has 1 aliphatic rings. The maximum atomic E-state index is 12.7. The van der Waals surface area contributed by atoms with Gasteiger partial charge in [-0.1, -0.05) is 0 Å². The molecule has 0 bridgehead atoms. The molecule has 3 rings (SSSR count). The van der Waals surface area contributed by atoms with Crippen molar-refractivity contribution >= 4 is 18.0 Å². The van der Waals surface area contributed by atoms with Crippen molar-refractivity contribution in [3.8, 4) is 23.0 Å². The fourth-order valence-corrected chi connectivity index (χ4v) is 3.11. The lowest BCUT2D eigenvalue weighted by molar-refractivity contribution is 0.0535. The van der Waals surface area contributed by atoms with Crippen LogP contribution in [0, 0.1) is 0 Å². The number of phenols is 3. The number of hydrogen-bond acceptors (Lipinski definition) is 8. The van der Waals surface area contributed by atoms with Crippen LogP contribution in [-0.4, -0.2) is 75.9 Å². The van der Waals surface area contributed by atoms with Crippen molar-refractivity contribution in [2.45, 2.75) is 6.92 Å². The van der Waals surface area contributed by atoms with Gasteiger partial charge in [-0.25, -0.2) is 4.79 Å². The minimum absolute atomic E-state index is 0.0322. The molecule has 1 heterocycles. The number of rotatable bonds is 4. The van der Waals surface area contributed by atoms with E-state index in [0.29, 0.717) is 18.7 Å². The summed E-state index contributed by atoms with van der Waals surface area (Å²) in [5.41, 5.74) is 0.439. The first-order chi connectivity index (χ1) is 14.8. The minimum Gasteiger partial charge on any atom is -0.504 e. The monoisotopic (exact) mass is 430 g/mol. The average Bonchev–Trinajstić information content (AvgIpc) is 2.77. The Morgan fingerprint density at radius 1 is 0.839 bits per heavy atom. The zero-order chi connectivity index (χ0) is 22.5. The van der Waals surface area contributed by atoms with Gasteiger partial charge in [0.15, 0.2) is 17.2 Å². The van der Waals surface area contributed by atoms with Gasteiger partial charge in [-0.3, -0.25) is 9.59 Å². The molecule has 0 aliphatic carbocycles. The molecule has 1 fully saturated rings. The molecule has 10 nitrogen and oxygen atoms in total. The van der Waals surface area contributed by atoms with Crippen LogP contribution in [0.2, 0.25) is 0 Å². The van der Waals surface area contributed by atoms with Crippen LogP contribution in [0.15, 0.2) is 36.4 Å². The van der Waals surface area contributed by atoms with Crippen LogP contribution in [0.1, 0.15) is 27.6 Å². The average molecular weight is 430 g/mol. The van der Waals surface area contributed by atoms with Crippen molar-refractivity contribution < 1.29 is 39.2 Å². The van der Waals surface area contributed by atoms with E-state index in [1.807, 2.05) is 0 Å². The molecule has 2 aromatic rings. The maximum absolute atomic E-state index is 12.7. The smallest absolute Gasteiger partial charge is 0.504 e.